The Morgan fingerprint density at radius 3 is 2.71 bits per heavy atom. The van der Waals surface area contributed by atoms with Crippen LogP contribution in [0.1, 0.15) is 31.9 Å². The second-order valence-electron chi connectivity index (χ2n) is 3.91. The minimum absolute atomic E-state index is 0.113. The molecule has 0 saturated carbocycles. The van der Waals surface area contributed by atoms with E-state index in [4.69, 9.17) is 5.73 Å². The Morgan fingerprint density at radius 2 is 2.12 bits per heavy atom. The predicted molar refractivity (Wildman–Crippen MR) is 61.2 cm³/mol. The van der Waals surface area contributed by atoms with Gasteiger partial charge in [0.05, 0.1) is 12.1 Å². The molecule has 3 nitrogen and oxygen atoms in total. The van der Waals surface area contributed by atoms with Gasteiger partial charge in [0.2, 0.25) is 5.91 Å². The third kappa shape index (κ3) is 3.49. The van der Waals surface area contributed by atoms with E-state index in [2.05, 4.69) is 5.32 Å². The van der Waals surface area contributed by atoms with E-state index >= 15 is 0 Å². The summed E-state index contributed by atoms with van der Waals surface area (Å²) in [5.41, 5.74) is 5.64. The Hall–Kier alpha value is -1.49. The lowest BCUT2D eigenvalue weighted by molar-refractivity contribution is -0.123. The van der Waals surface area contributed by atoms with Crippen LogP contribution in [0.2, 0.25) is 0 Å². The first kappa shape index (κ1) is 13.6. The van der Waals surface area contributed by atoms with Crippen LogP contribution in [-0.2, 0) is 4.79 Å². The maximum atomic E-state index is 13.4. The lowest BCUT2D eigenvalue weighted by Gasteiger charge is -2.17. The SMILES string of the molecule is CC[C@@H](N)C(=O)NC(C)c1cc(F)ccc1F. The molecule has 0 spiro atoms. The van der Waals surface area contributed by atoms with E-state index < -0.39 is 23.7 Å². The van der Waals surface area contributed by atoms with Crippen LogP contribution >= 0.6 is 0 Å². The molecule has 0 aromatic heterocycles. The van der Waals surface area contributed by atoms with Crippen molar-refractivity contribution >= 4 is 5.91 Å². The molecule has 17 heavy (non-hydrogen) atoms. The summed E-state index contributed by atoms with van der Waals surface area (Å²) < 4.78 is 26.4. The minimum Gasteiger partial charge on any atom is -0.348 e. The molecule has 0 radical (unpaired) electrons. The van der Waals surface area contributed by atoms with Crippen molar-refractivity contribution in [2.75, 3.05) is 0 Å². The number of benzene rings is 1. The van der Waals surface area contributed by atoms with E-state index in [0.717, 1.165) is 18.2 Å². The Kier molecular flexibility index (Phi) is 4.57. The van der Waals surface area contributed by atoms with Crippen molar-refractivity contribution in [1.82, 2.24) is 5.32 Å². The van der Waals surface area contributed by atoms with Gasteiger partial charge in [0.25, 0.3) is 0 Å². The molecule has 2 atom stereocenters. The monoisotopic (exact) mass is 242 g/mol. The van der Waals surface area contributed by atoms with E-state index in [1.165, 1.54) is 0 Å². The van der Waals surface area contributed by atoms with Crippen molar-refractivity contribution < 1.29 is 13.6 Å². The average molecular weight is 242 g/mol. The molecule has 0 aliphatic carbocycles. The standard InChI is InChI=1S/C12H16F2N2O/c1-3-11(15)12(17)16-7(2)9-6-8(13)4-5-10(9)14/h4-7,11H,3,15H2,1-2H3,(H,16,17)/t7?,11-/m1/s1. The molecule has 0 bridgehead atoms. The number of hydrogen-bond donors (Lipinski definition) is 2. The number of carbonyl (C=O) groups excluding carboxylic acids is 1. The van der Waals surface area contributed by atoms with Crippen LogP contribution < -0.4 is 11.1 Å². The first-order valence-corrected chi connectivity index (χ1v) is 5.46. The summed E-state index contributed by atoms with van der Waals surface area (Å²) in [5, 5.41) is 2.54. The third-order valence-corrected chi connectivity index (χ3v) is 2.56. The second kappa shape index (κ2) is 5.72. The molecule has 0 fully saturated rings. The molecular formula is C12H16F2N2O. The number of rotatable bonds is 4. The maximum absolute atomic E-state index is 13.4. The van der Waals surface area contributed by atoms with Gasteiger partial charge >= 0.3 is 0 Å². The van der Waals surface area contributed by atoms with Crippen molar-refractivity contribution in [2.45, 2.75) is 32.4 Å². The molecule has 1 aromatic rings. The highest BCUT2D eigenvalue weighted by atomic mass is 19.1. The summed E-state index contributed by atoms with van der Waals surface area (Å²) >= 11 is 0. The van der Waals surface area contributed by atoms with Gasteiger partial charge in [0.15, 0.2) is 0 Å². The molecule has 94 valence electrons. The molecule has 1 rings (SSSR count). The molecule has 0 aliphatic heterocycles. The number of nitrogens with one attached hydrogen (secondary N) is 1. The topological polar surface area (TPSA) is 55.1 Å². The highest BCUT2D eigenvalue weighted by Gasteiger charge is 2.17. The lowest BCUT2D eigenvalue weighted by atomic mass is 10.1. The van der Waals surface area contributed by atoms with Crippen molar-refractivity contribution in [3.05, 3.63) is 35.4 Å². The zero-order chi connectivity index (χ0) is 13.0. The van der Waals surface area contributed by atoms with Crippen molar-refractivity contribution in [1.29, 1.82) is 0 Å². The highest BCUT2D eigenvalue weighted by Crippen LogP contribution is 2.17. The number of nitrogens with two attached hydrogens (primary N) is 1. The van der Waals surface area contributed by atoms with Gasteiger partial charge < -0.3 is 11.1 Å². The summed E-state index contributed by atoms with van der Waals surface area (Å²) in [6.07, 6.45) is 0.490. The Morgan fingerprint density at radius 1 is 1.47 bits per heavy atom. The first-order chi connectivity index (χ1) is 7.95. The fourth-order valence-electron chi connectivity index (χ4n) is 1.43. The average Bonchev–Trinajstić information content (AvgIpc) is 2.30. The molecule has 3 N–H and O–H groups in total. The minimum atomic E-state index is -0.630. The molecule has 0 saturated heterocycles. The maximum Gasteiger partial charge on any atom is 0.237 e. The molecule has 0 aliphatic rings. The fourth-order valence-corrected chi connectivity index (χ4v) is 1.43. The van der Waals surface area contributed by atoms with Crippen LogP contribution in [0.4, 0.5) is 8.78 Å². The summed E-state index contributed by atoms with van der Waals surface area (Å²) in [5.74, 6) is -1.46. The molecule has 1 aromatic carbocycles. The van der Waals surface area contributed by atoms with Gasteiger partial charge in [-0.15, -0.1) is 0 Å². The Bertz CT molecular complexity index is 409. The van der Waals surface area contributed by atoms with Crippen molar-refractivity contribution in [3.8, 4) is 0 Å². The van der Waals surface area contributed by atoms with E-state index in [1.807, 2.05) is 0 Å². The van der Waals surface area contributed by atoms with Crippen LogP contribution in [0, 0.1) is 11.6 Å². The molecular weight excluding hydrogens is 226 g/mol. The highest BCUT2D eigenvalue weighted by molar-refractivity contribution is 5.81. The van der Waals surface area contributed by atoms with Crippen molar-refractivity contribution in [3.63, 3.8) is 0 Å². The second-order valence-corrected chi connectivity index (χ2v) is 3.91. The molecule has 0 heterocycles. The zero-order valence-electron chi connectivity index (χ0n) is 9.84. The number of halogens is 2. The first-order valence-electron chi connectivity index (χ1n) is 5.46. The van der Waals surface area contributed by atoms with Crippen LogP contribution in [0.15, 0.2) is 18.2 Å². The third-order valence-electron chi connectivity index (χ3n) is 2.56. The van der Waals surface area contributed by atoms with Gasteiger partial charge in [0, 0.05) is 5.56 Å². The van der Waals surface area contributed by atoms with Gasteiger partial charge in [-0.05, 0) is 31.5 Å². The largest absolute Gasteiger partial charge is 0.348 e. The van der Waals surface area contributed by atoms with Gasteiger partial charge in [-0.25, -0.2) is 8.78 Å². The smallest absolute Gasteiger partial charge is 0.237 e. The summed E-state index contributed by atoms with van der Waals surface area (Å²) in [7, 11) is 0. The fraction of sp³-hybridized carbons (Fsp3) is 0.417. The number of carbonyl (C=O) groups is 1. The van der Waals surface area contributed by atoms with Gasteiger partial charge in [-0.1, -0.05) is 6.92 Å². The van der Waals surface area contributed by atoms with E-state index in [0.29, 0.717) is 6.42 Å². The van der Waals surface area contributed by atoms with Gasteiger partial charge in [0.1, 0.15) is 11.6 Å². The quantitative estimate of drug-likeness (QED) is 0.847. The summed E-state index contributed by atoms with van der Waals surface area (Å²) in [6, 6.07) is 1.89. The summed E-state index contributed by atoms with van der Waals surface area (Å²) in [4.78, 5) is 11.5. The van der Waals surface area contributed by atoms with Gasteiger partial charge in [-0.3, -0.25) is 4.79 Å². The molecule has 5 heteroatoms. The number of hydrogen-bond acceptors (Lipinski definition) is 2. The van der Waals surface area contributed by atoms with Crippen LogP contribution in [-0.4, -0.2) is 11.9 Å². The Labute approximate surface area is 99.0 Å². The van der Waals surface area contributed by atoms with E-state index in [-0.39, 0.29) is 11.5 Å². The lowest BCUT2D eigenvalue weighted by Crippen LogP contribution is -2.41. The normalized spacial score (nSPS) is 14.2. The zero-order valence-corrected chi connectivity index (χ0v) is 9.84. The van der Waals surface area contributed by atoms with Crippen LogP contribution in [0.3, 0.4) is 0 Å². The van der Waals surface area contributed by atoms with E-state index in [1.54, 1.807) is 13.8 Å². The van der Waals surface area contributed by atoms with Crippen LogP contribution in [0.25, 0.3) is 0 Å². The molecule has 1 amide bonds. The van der Waals surface area contributed by atoms with Crippen molar-refractivity contribution in [2.24, 2.45) is 5.73 Å². The molecule has 1 unspecified atom stereocenters. The Balaban J connectivity index is 2.79. The van der Waals surface area contributed by atoms with E-state index in [9.17, 15) is 13.6 Å². The summed E-state index contributed by atoms with van der Waals surface area (Å²) in [6.45, 7) is 3.36. The predicted octanol–water partition coefficient (Wildman–Crippen LogP) is 1.88. The number of amides is 1. The van der Waals surface area contributed by atoms with Gasteiger partial charge in [-0.2, -0.15) is 0 Å². The van der Waals surface area contributed by atoms with Crippen LogP contribution in [0.5, 0.6) is 0 Å².